The molecule has 0 N–H and O–H groups in total. The number of ether oxygens (including phenoxy) is 3. The van der Waals surface area contributed by atoms with Crippen molar-refractivity contribution in [3.8, 4) is 5.75 Å². The van der Waals surface area contributed by atoms with Crippen LogP contribution in [0.2, 0.25) is 0 Å². The van der Waals surface area contributed by atoms with Gasteiger partial charge in [0.2, 0.25) is 0 Å². The average Bonchev–Trinajstić information content (AvgIpc) is 2.53. The van der Waals surface area contributed by atoms with Gasteiger partial charge in [-0.2, -0.15) is 18.2 Å². The SMILES string of the molecule is CC(C)CCOc1[c-]cccc1.COC(=O)CCC(=O)OC.[Na+]. The van der Waals surface area contributed by atoms with E-state index in [2.05, 4.69) is 29.4 Å². The van der Waals surface area contributed by atoms with Crippen LogP contribution in [0.3, 0.4) is 0 Å². The number of carbonyl (C=O) groups excluding carboxylic acids is 2. The normalized spacial score (nSPS) is 9.09. The van der Waals surface area contributed by atoms with Crippen LogP contribution in [0.4, 0.5) is 0 Å². The molecule has 1 aromatic carbocycles. The number of benzene rings is 1. The van der Waals surface area contributed by atoms with Crippen molar-refractivity contribution < 1.29 is 53.4 Å². The van der Waals surface area contributed by atoms with Gasteiger partial charge in [0.05, 0.1) is 33.7 Å². The summed E-state index contributed by atoms with van der Waals surface area (Å²) < 4.78 is 14.1. The van der Waals surface area contributed by atoms with Crippen LogP contribution >= 0.6 is 0 Å². The Morgan fingerprint density at radius 1 is 1.09 bits per heavy atom. The summed E-state index contributed by atoms with van der Waals surface area (Å²) in [6.45, 7) is 5.17. The summed E-state index contributed by atoms with van der Waals surface area (Å²) in [7, 11) is 2.55. The molecule has 0 atom stereocenters. The van der Waals surface area contributed by atoms with Crippen molar-refractivity contribution in [3.05, 3.63) is 30.3 Å². The van der Waals surface area contributed by atoms with Crippen LogP contribution in [0.1, 0.15) is 33.1 Å². The Morgan fingerprint density at radius 3 is 2.04 bits per heavy atom. The van der Waals surface area contributed by atoms with E-state index < -0.39 is 11.9 Å². The summed E-state index contributed by atoms with van der Waals surface area (Å²) in [5, 5.41) is 0. The summed E-state index contributed by atoms with van der Waals surface area (Å²) in [4.78, 5) is 20.8. The van der Waals surface area contributed by atoms with Gasteiger partial charge >= 0.3 is 41.5 Å². The number of para-hydroxylation sites is 1. The van der Waals surface area contributed by atoms with Crippen LogP contribution in [0.5, 0.6) is 5.75 Å². The van der Waals surface area contributed by atoms with Crippen molar-refractivity contribution >= 4 is 11.9 Å². The van der Waals surface area contributed by atoms with E-state index >= 15 is 0 Å². The first-order chi connectivity index (χ1) is 10.5. The van der Waals surface area contributed by atoms with E-state index in [1.165, 1.54) is 14.2 Å². The fraction of sp³-hybridized carbons (Fsp3) is 0.529. The van der Waals surface area contributed by atoms with Gasteiger partial charge < -0.3 is 14.2 Å². The van der Waals surface area contributed by atoms with Crippen LogP contribution in [0.25, 0.3) is 0 Å². The maximum absolute atomic E-state index is 10.4. The molecule has 0 aliphatic carbocycles. The minimum atomic E-state index is -0.398. The number of carbonyl (C=O) groups is 2. The molecule has 5 nitrogen and oxygen atoms in total. The monoisotopic (exact) mass is 332 g/mol. The third-order valence-electron chi connectivity index (χ3n) is 2.62. The van der Waals surface area contributed by atoms with Crippen LogP contribution in [-0.4, -0.2) is 32.8 Å². The number of esters is 2. The van der Waals surface area contributed by atoms with Gasteiger partial charge in [-0.05, 0) is 12.3 Å². The van der Waals surface area contributed by atoms with E-state index in [4.69, 9.17) is 4.74 Å². The van der Waals surface area contributed by atoms with Crippen LogP contribution in [-0.2, 0) is 19.1 Å². The largest absolute Gasteiger partial charge is 1.00 e. The average molecular weight is 332 g/mol. The van der Waals surface area contributed by atoms with Gasteiger partial charge in [-0.3, -0.25) is 9.59 Å². The molecule has 0 saturated heterocycles. The van der Waals surface area contributed by atoms with Crippen LogP contribution in [0, 0.1) is 12.0 Å². The maximum Gasteiger partial charge on any atom is 1.00 e. The summed E-state index contributed by atoms with van der Waals surface area (Å²) in [5.74, 6) is 0.752. The van der Waals surface area contributed by atoms with Crippen molar-refractivity contribution in [2.45, 2.75) is 33.1 Å². The first-order valence-corrected chi connectivity index (χ1v) is 7.22. The predicted molar refractivity (Wildman–Crippen MR) is 83.5 cm³/mol. The minimum absolute atomic E-state index is 0. The summed E-state index contributed by atoms with van der Waals surface area (Å²) in [5.41, 5.74) is 0. The second-order valence-electron chi connectivity index (χ2n) is 4.91. The molecule has 0 bridgehead atoms. The Labute approximate surface area is 161 Å². The number of methoxy groups -OCH3 is 2. The van der Waals surface area contributed by atoms with Crippen LogP contribution < -0.4 is 34.3 Å². The van der Waals surface area contributed by atoms with E-state index in [0.717, 1.165) is 18.8 Å². The molecule has 0 spiro atoms. The third kappa shape index (κ3) is 15.6. The zero-order valence-electron chi connectivity index (χ0n) is 14.8. The molecule has 1 rings (SSSR count). The first kappa shape index (κ1) is 24.2. The van der Waals surface area contributed by atoms with E-state index in [1.807, 2.05) is 24.3 Å². The molecule has 23 heavy (non-hydrogen) atoms. The molecule has 0 aromatic heterocycles. The number of hydrogen-bond acceptors (Lipinski definition) is 5. The predicted octanol–water partition coefficient (Wildman–Crippen LogP) is 0.0283. The second-order valence-corrected chi connectivity index (χ2v) is 4.91. The molecule has 0 heterocycles. The minimum Gasteiger partial charge on any atom is -0.519 e. The van der Waals surface area contributed by atoms with E-state index in [0.29, 0.717) is 5.92 Å². The molecule has 6 heteroatoms. The van der Waals surface area contributed by atoms with E-state index in [1.54, 1.807) is 0 Å². The van der Waals surface area contributed by atoms with Crippen molar-refractivity contribution in [2.75, 3.05) is 20.8 Å². The van der Waals surface area contributed by atoms with Gasteiger partial charge in [0, 0.05) is 5.75 Å². The molecule has 0 unspecified atom stereocenters. The van der Waals surface area contributed by atoms with Crippen molar-refractivity contribution in [1.82, 2.24) is 0 Å². The Morgan fingerprint density at radius 2 is 1.65 bits per heavy atom. The molecular weight excluding hydrogens is 307 g/mol. The van der Waals surface area contributed by atoms with Gasteiger partial charge in [0.1, 0.15) is 0 Å². The van der Waals surface area contributed by atoms with Crippen molar-refractivity contribution in [1.29, 1.82) is 0 Å². The molecule has 0 radical (unpaired) electrons. The molecule has 0 amide bonds. The standard InChI is InChI=1S/C11H15O.C6H10O4.Na/c1-10(2)8-9-12-11-6-4-3-5-7-11;1-9-5(7)3-4-6(8)10-2;/h3-6,10H,8-9H2,1-2H3;3-4H2,1-2H3;/q-1;;+1. The van der Waals surface area contributed by atoms with Gasteiger partial charge in [-0.15, -0.1) is 12.1 Å². The summed E-state index contributed by atoms with van der Waals surface area (Å²) in [6.07, 6.45) is 1.27. The topological polar surface area (TPSA) is 61.8 Å². The molecule has 1 aromatic rings. The molecule has 0 aliphatic rings. The van der Waals surface area contributed by atoms with E-state index in [-0.39, 0.29) is 42.4 Å². The fourth-order valence-corrected chi connectivity index (χ4v) is 1.28. The summed E-state index contributed by atoms with van der Waals surface area (Å²) >= 11 is 0. The van der Waals surface area contributed by atoms with Gasteiger partial charge in [-0.25, -0.2) is 0 Å². The van der Waals surface area contributed by atoms with Gasteiger partial charge in [-0.1, -0.05) is 13.8 Å². The molecular formula is C17H25NaO5. The van der Waals surface area contributed by atoms with Crippen molar-refractivity contribution in [2.24, 2.45) is 5.92 Å². The second kappa shape index (κ2) is 15.8. The maximum atomic E-state index is 10.4. The zero-order chi connectivity index (χ0) is 16.8. The molecule has 124 valence electrons. The molecule has 0 aliphatic heterocycles. The Hall–Kier alpha value is -1.04. The first-order valence-electron chi connectivity index (χ1n) is 7.22. The smallest absolute Gasteiger partial charge is 0.519 e. The van der Waals surface area contributed by atoms with Crippen molar-refractivity contribution in [3.63, 3.8) is 0 Å². The zero-order valence-corrected chi connectivity index (χ0v) is 16.8. The molecule has 0 saturated carbocycles. The molecule has 0 fully saturated rings. The Kier molecular flexibility index (Phi) is 16.7. The van der Waals surface area contributed by atoms with E-state index in [9.17, 15) is 9.59 Å². The fourth-order valence-electron chi connectivity index (χ4n) is 1.28. The van der Waals surface area contributed by atoms with Gasteiger partial charge in [0.25, 0.3) is 0 Å². The third-order valence-corrected chi connectivity index (χ3v) is 2.62. The Bertz CT molecular complexity index is 404. The number of hydrogen-bond donors (Lipinski definition) is 0. The Balaban J connectivity index is 0. The number of rotatable bonds is 7. The van der Waals surface area contributed by atoms with Crippen LogP contribution in [0.15, 0.2) is 24.3 Å². The quantitative estimate of drug-likeness (QED) is 0.400. The summed E-state index contributed by atoms with van der Waals surface area (Å²) in [6, 6.07) is 10.7. The van der Waals surface area contributed by atoms with Gasteiger partial charge in [0.15, 0.2) is 0 Å².